The number of sulfonamides is 1. The van der Waals surface area contributed by atoms with Crippen molar-refractivity contribution in [2.75, 3.05) is 23.3 Å². The van der Waals surface area contributed by atoms with Crippen molar-refractivity contribution >= 4 is 27.3 Å². The van der Waals surface area contributed by atoms with Crippen LogP contribution in [0.2, 0.25) is 0 Å². The van der Waals surface area contributed by atoms with Gasteiger partial charge in [-0.3, -0.25) is 9.10 Å². The molecule has 3 aromatic rings. The zero-order valence-corrected chi connectivity index (χ0v) is 18.6. The molecule has 0 unspecified atom stereocenters. The van der Waals surface area contributed by atoms with E-state index in [2.05, 4.69) is 5.32 Å². The minimum absolute atomic E-state index is 0.114. The van der Waals surface area contributed by atoms with E-state index in [1.807, 2.05) is 32.0 Å². The molecule has 0 saturated carbocycles. The van der Waals surface area contributed by atoms with E-state index in [9.17, 15) is 13.2 Å². The Labute approximate surface area is 183 Å². The lowest BCUT2D eigenvalue weighted by Crippen LogP contribution is -2.38. The van der Waals surface area contributed by atoms with Crippen LogP contribution in [0.4, 0.5) is 11.4 Å². The third-order valence-corrected chi connectivity index (χ3v) is 6.70. The number of nitrogens with one attached hydrogen (secondary N) is 1. The van der Waals surface area contributed by atoms with Gasteiger partial charge in [-0.2, -0.15) is 0 Å². The second-order valence-electron chi connectivity index (χ2n) is 7.09. The molecule has 162 valence electrons. The van der Waals surface area contributed by atoms with Crippen molar-refractivity contribution < 1.29 is 17.9 Å². The van der Waals surface area contributed by atoms with E-state index >= 15 is 0 Å². The molecule has 0 fully saturated rings. The van der Waals surface area contributed by atoms with Gasteiger partial charge < -0.3 is 10.1 Å². The lowest BCUT2D eigenvalue weighted by atomic mass is 10.1. The monoisotopic (exact) mass is 438 g/mol. The molecule has 0 atom stereocenters. The second-order valence-corrected chi connectivity index (χ2v) is 8.95. The van der Waals surface area contributed by atoms with E-state index in [4.69, 9.17) is 4.74 Å². The highest BCUT2D eigenvalue weighted by Crippen LogP contribution is 2.27. The Bertz CT molecular complexity index is 1160. The zero-order chi connectivity index (χ0) is 22.4. The van der Waals surface area contributed by atoms with Crippen molar-refractivity contribution in [2.45, 2.75) is 25.2 Å². The van der Waals surface area contributed by atoms with Crippen molar-refractivity contribution in [1.82, 2.24) is 0 Å². The van der Waals surface area contributed by atoms with Gasteiger partial charge in [-0.05, 0) is 49.2 Å². The number of benzene rings is 3. The van der Waals surface area contributed by atoms with E-state index in [1.165, 1.54) is 7.11 Å². The molecule has 0 spiro atoms. The molecule has 1 amide bonds. The molecule has 7 heteroatoms. The topological polar surface area (TPSA) is 75.7 Å². The largest absolute Gasteiger partial charge is 0.497 e. The van der Waals surface area contributed by atoms with Gasteiger partial charge in [-0.1, -0.05) is 48.9 Å². The molecule has 0 aliphatic rings. The van der Waals surface area contributed by atoms with Crippen molar-refractivity contribution in [1.29, 1.82) is 0 Å². The summed E-state index contributed by atoms with van der Waals surface area (Å²) in [5.74, 6) is 0.0674. The Balaban J connectivity index is 1.97. The quantitative estimate of drug-likeness (QED) is 0.566. The predicted molar refractivity (Wildman–Crippen MR) is 123 cm³/mol. The average molecular weight is 439 g/mol. The van der Waals surface area contributed by atoms with Crippen molar-refractivity contribution in [2.24, 2.45) is 0 Å². The fourth-order valence-electron chi connectivity index (χ4n) is 3.19. The number of para-hydroxylation sites is 1. The molecule has 1 N–H and O–H groups in total. The number of methoxy groups -OCH3 is 1. The average Bonchev–Trinajstić information content (AvgIpc) is 2.78. The molecule has 0 heterocycles. The van der Waals surface area contributed by atoms with Crippen LogP contribution in [0.25, 0.3) is 0 Å². The summed E-state index contributed by atoms with van der Waals surface area (Å²) in [5.41, 5.74) is 2.94. The summed E-state index contributed by atoms with van der Waals surface area (Å²) in [6.45, 7) is 3.51. The van der Waals surface area contributed by atoms with Gasteiger partial charge in [-0.25, -0.2) is 8.42 Å². The standard InChI is InChI=1S/C24H26N2O4S/c1-4-19-8-5-6-11-23(19)25-24(27)17-26(20-9-7-10-21(16-20)30-3)31(28,29)22-14-12-18(2)13-15-22/h5-16H,4,17H2,1-3H3,(H,25,27). The number of carbonyl (C=O) groups is 1. The maximum Gasteiger partial charge on any atom is 0.264 e. The van der Waals surface area contributed by atoms with Crippen LogP contribution in [0, 0.1) is 6.92 Å². The van der Waals surface area contributed by atoms with Crippen molar-refractivity contribution in [3.63, 3.8) is 0 Å². The highest BCUT2D eigenvalue weighted by molar-refractivity contribution is 7.92. The van der Waals surface area contributed by atoms with Crippen LogP contribution in [0.1, 0.15) is 18.1 Å². The van der Waals surface area contributed by atoms with Crippen LogP contribution < -0.4 is 14.4 Å². The van der Waals surface area contributed by atoms with Gasteiger partial charge in [0.1, 0.15) is 12.3 Å². The van der Waals surface area contributed by atoms with Crippen molar-refractivity contribution in [3.8, 4) is 5.75 Å². The van der Waals surface area contributed by atoms with Crippen LogP contribution in [-0.2, 0) is 21.2 Å². The number of hydrogen-bond acceptors (Lipinski definition) is 4. The van der Waals surface area contributed by atoms with Crippen LogP contribution >= 0.6 is 0 Å². The van der Waals surface area contributed by atoms with E-state index in [0.29, 0.717) is 17.1 Å². The van der Waals surface area contributed by atoms with Gasteiger partial charge in [0.05, 0.1) is 17.7 Å². The normalized spacial score (nSPS) is 11.1. The second kappa shape index (κ2) is 9.66. The number of hydrogen-bond donors (Lipinski definition) is 1. The molecule has 0 bridgehead atoms. The maximum atomic E-state index is 13.5. The molecule has 0 saturated heterocycles. The van der Waals surface area contributed by atoms with Crippen LogP contribution in [-0.4, -0.2) is 28.0 Å². The van der Waals surface area contributed by atoms with Gasteiger partial charge in [0.15, 0.2) is 0 Å². The molecule has 3 aromatic carbocycles. The van der Waals surface area contributed by atoms with Crippen LogP contribution in [0.5, 0.6) is 5.75 Å². The Morgan fingerprint density at radius 2 is 1.71 bits per heavy atom. The smallest absolute Gasteiger partial charge is 0.264 e. The minimum atomic E-state index is -3.98. The number of anilines is 2. The van der Waals surface area contributed by atoms with Gasteiger partial charge in [0.25, 0.3) is 10.0 Å². The third kappa shape index (κ3) is 5.24. The Morgan fingerprint density at radius 1 is 1.00 bits per heavy atom. The molecule has 6 nitrogen and oxygen atoms in total. The lowest BCUT2D eigenvalue weighted by molar-refractivity contribution is -0.114. The van der Waals surface area contributed by atoms with Gasteiger partial charge in [-0.15, -0.1) is 0 Å². The minimum Gasteiger partial charge on any atom is -0.497 e. The zero-order valence-electron chi connectivity index (χ0n) is 17.8. The van der Waals surface area contributed by atoms with E-state index < -0.39 is 15.9 Å². The highest BCUT2D eigenvalue weighted by Gasteiger charge is 2.27. The number of ether oxygens (including phenoxy) is 1. The number of amides is 1. The Hall–Kier alpha value is -3.32. The SMILES string of the molecule is CCc1ccccc1NC(=O)CN(c1cccc(OC)c1)S(=O)(=O)c1ccc(C)cc1. The third-order valence-electron chi connectivity index (χ3n) is 4.91. The number of carbonyl (C=O) groups excluding carboxylic acids is 1. The first-order valence-corrected chi connectivity index (χ1v) is 11.4. The summed E-state index contributed by atoms with van der Waals surface area (Å²) in [5, 5.41) is 2.85. The predicted octanol–water partition coefficient (Wildman–Crippen LogP) is 4.40. The highest BCUT2D eigenvalue weighted by atomic mass is 32.2. The van der Waals surface area contributed by atoms with Crippen LogP contribution in [0.15, 0.2) is 77.7 Å². The first-order valence-electron chi connectivity index (χ1n) is 9.96. The summed E-state index contributed by atoms with van der Waals surface area (Å²) in [4.78, 5) is 13.0. The number of nitrogens with zero attached hydrogens (tertiary/aromatic N) is 1. The first kappa shape index (κ1) is 22.4. The van der Waals surface area contributed by atoms with E-state index in [-0.39, 0.29) is 11.4 Å². The molecule has 0 aliphatic carbocycles. The lowest BCUT2D eigenvalue weighted by Gasteiger charge is -2.24. The summed E-state index contributed by atoms with van der Waals surface area (Å²) >= 11 is 0. The first-order chi connectivity index (χ1) is 14.8. The molecule has 0 aliphatic heterocycles. The van der Waals surface area contributed by atoms with E-state index in [1.54, 1.807) is 54.6 Å². The Morgan fingerprint density at radius 3 is 2.39 bits per heavy atom. The number of aryl methyl sites for hydroxylation is 2. The van der Waals surface area contributed by atoms with Crippen molar-refractivity contribution in [3.05, 3.63) is 83.9 Å². The molecule has 31 heavy (non-hydrogen) atoms. The van der Waals surface area contributed by atoms with Gasteiger partial charge >= 0.3 is 0 Å². The molecular weight excluding hydrogens is 412 g/mol. The summed E-state index contributed by atoms with van der Waals surface area (Å²) in [6.07, 6.45) is 0.748. The molecule has 0 aromatic heterocycles. The molecular formula is C24H26N2O4S. The summed E-state index contributed by atoms with van der Waals surface area (Å²) < 4.78 is 33.3. The maximum absolute atomic E-state index is 13.5. The summed E-state index contributed by atoms with van der Waals surface area (Å²) in [6, 6.07) is 20.7. The van der Waals surface area contributed by atoms with Gasteiger partial charge in [0.2, 0.25) is 5.91 Å². The summed E-state index contributed by atoms with van der Waals surface area (Å²) in [7, 11) is -2.48. The Kier molecular flexibility index (Phi) is 6.97. The molecule has 3 rings (SSSR count). The van der Waals surface area contributed by atoms with Crippen LogP contribution in [0.3, 0.4) is 0 Å². The fourth-order valence-corrected chi connectivity index (χ4v) is 4.60. The van der Waals surface area contributed by atoms with Gasteiger partial charge in [0, 0.05) is 11.8 Å². The number of rotatable bonds is 8. The van der Waals surface area contributed by atoms with E-state index in [0.717, 1.165) is 21.9 Å². The fraction of sp³-hybridized carbons (Fsp3) is 0.208. The molecule has 0 radical (unpaired) electrons.